The summed E-state index contributed by atoms with van der Waals surface area (Å²) < 4.78 is 4.62. The second kappa shape index (κ2) is 5.29. The van der Waals surface area contributed by atoms with Gasteiger partial charge in [0.25, 0.3) is 0 Å². The lowest BCUT2D eigenvalue weighted by atomic mass is 9.94. The lowest BCUT2D eigenvalue weighted by Gasteiger charge is -2.17. The van der Waals surface area contributed by atoms with Crippen molar-refractivity contribution in [3.8, 4) is 0 Å². The zero-order chi connectivity index (χ0) is 12.3. The van der Waals surface area contributed by atoms with Gasteiger partial charge in [-0.1, -0.05) is 12.1 Å². The van der Waals surface area contributed by atoms with E-state index in [2.05, 4.69) is 10.1 Å². The lowest BCUT2D eigenvalue weighted by molar-refractivity contribution is 0.0600. The molecule has 1 aromatic carbocycles. The van der Waals surface area contributed by atoms with E-state index in [-0.39, 0.29) is 11.9 Å². The van der Waals surface area contributed by atoms with Crippen molar-refractivity contribution in [3.63, 3.8) is 0 Å². The van der Waals surface area contributed by atoms with Crippen LogP contribution in [0.15, 0.2) is 24.3 Å². The minimum Gasteiger partial charge on any atom is -0.465 e. The average molecular weight is 235 g/mol. The Kier molecular flexibility index (Phi) is 3.76. The maximum absolute atomic E-state index is 11.3. The van der Waals surface area contributed by atoms with Crippen molar-refractivity contribution in [2.75, 3.05) is 20.2 Å². The molecule has 0 amide bonds. The normalized spacial score (nSPS) is 21.2. The van der Waals surface area contributed by atoms with E-state index in [0.717, 1.165) is 25.1 Å². The van der Waals surface area contributed by atoms with Gasteiger partial charge in [0.05, 0.1) is 18.8 Å². The molecule has 0 saturated carbocycles. The highest BCUT2D eigenvalue weighted by atomic mass is 16.5. The molecule has 0 bridgehead atoms. The molecule has 17 heavy (non-hydrogen) atoms. The van der Waals surface area contributed by atoms with Gasteiger partial charge in [-0.25, -0.2) is 4.79 Å². The smallest absolute Gasteiger partial charge is 0.337 e. The van der Waals surface area contributed by atoms with Crippen LogP contribution in [-0.4, -0.2) is 31.3 Å². The first-order valence-corrected chi connectivity index (χ1v) is 5.79. The molecule has 0 radical (unpaired) electrons. The number of hydrogen-bond donors (Lipinski definition) is 2. The summed E-state index contributed by atoms with van der Waals surface area (Å²) in [5.41, 5.74) is 1.36. The molecule has 2 unspecified atom stereocenters. The predicted octanol–water partition coefficient (Wildman–Crippen LogP) is 1.12. The maximum atomic E-state index is 11.3. The van der Waals surface area contributed by atoms with Crippen LogP contribution in [0.4, 0.5) is 0 Å². The number of rotatable bonds is 3. The standard InChI is InChI=1S/C13H17NO3/c1-17-13(16)10-4-2-9(3-5-10)12(15)11-6-7-14-8-11/h2-5,11-12,14-15H,6-8H2,1H3. The first-order chi connectivity index (χ1) is 8.22. The Morgan fingerprint density at radius 3 is 2.71 bits per heavy atom. The van der Waals surface area contributed by atoms with Crippen molar-refractivity contribution >= 4 is 5.97 Å². The summed E-state index contributed by atoms with van der Waals surface area (Å²) in [5, 5.41) is 13.4. The van der Waals surface area contributed by atoms with Gasteiger partial charge in [-0.05, 0) is 30.7 Å². The summed E-state index contributed by atoms with van der Waals surface area (Å²) in [7, 11) is 1.36. The van der Waals surface area contributed by atoms with Crippen LogP contribution in [0.5, 0.6) is 0 Å². The SMILES string of the molecule is COC(=O)c1ccc(C(O)C2CCNC2)cc1. The quantitative estimate of drug-likeness (QED) is 0.771. The van der Waals surface area contributed by atoms with E-state index in [4.69, 9.17) is 0 Å². The zero-order valence-electron chi connectivity index (χ0n) is 9.85. The third-order valence-corrected chi connectivity index (χ3v) is 3.22. The summed E-state index contributed by atoms with van der Waals surface area (Å²) in [4.78, 5) is 11.3. The molecule has 2 atom stereocenters. The number of esters is 1. The molecule has 92 valence electrons. The summed E-state index contributed by atoms with van der Waals surface area (Å²) in [6, 6.07) is 6.95. The minimum atomic E-state index is -0.461. The Bertz CT molecular complexity index is 382. The van der Waals surface area contributed by atoms with Crippen molar-refractivity contribution in [2.45, 2.75) is 12.5 Å². The number of nitrogens with one attached hydrogen (secondary N) is 1. The highest BCUT2D eigenvalue weighted by Gasteiger charge is 2.24. The van der Waals surface area contributed by atoms with E-state index in [1.54, 1.807) is 24.3 Å². The molecule has 2 N–H and O–H groups in total. The minimum absolute atomic E-state index is 0.263. The van der Waals surface area contributed by atoms with Gasteiger partial charge in [0.2, 0.25) is 0 Å². The van der Waals surface area contributed by atoms with Crippen LogP contribution in [-0.2, 0) is 4.74 Å². The molecule has 4 heteroatoms. The molecule has 0 spiro atoms. The maximum Gasteiger partial charge on any atom is 0.337 e. The number of ether oxygens (including phenoxy) is 1. The molecule has 4 nitrogen and oxygen atoms in total. The summed E-state index contributed by atoms with van der Waals surface area (Å²) >= 11 is 0. The first-order valence-electron chi connectivity index (χ1n) is 5.79. The number of benzene rings is 1. The highest BCUT2D eigenvalue weighted by molar-refractivity contribution is 5.89. The molecule has 1 aliphatic rings. The predicted molar refractivity (Wildman–Crippen MR) is 63.7 cm³/mol. The summed E-state index contributed by atoms with van der Waals surface area (Å²) in [5.74, 6) is -0.0902. The number of hydrogen-bond acceptors (Lipinski definition) is 4. The molecule has 1 heterocycles. The van der Waals surface area contributed by atoms with E-state index in [0.29, 0.717) is 5.56 Å². The topological polar surface area (TPSA) is 58.6 Å². The Morgan fingerprint density at radius 2 is 2.18 bits per heavy atom. The fourth-order valence-electron chi connectivity index (χ4n) is 2.15. The number of aliphatic hydroxyl groups excluding tert-OH is 1. The van der Waals surface area contributed by atoms with Gasteiger partial charge in [-0.2, -0.15) is 0 Å². The van der Waals surface area contributed by atoms with Crippen LogP contribution in [0.25, 0.3) is 0 Å². The zero-order valence-corrected chi connectivity index (χ0v) is 9.85. The summed E-state index contributed by atoms with van der Waals surface area (Å²) in [6.45, 7) is 1.81. The van der Waals surface area contributed by atoms with Crippen molar-refractivity contribution in [1.29, 1.82) is 0 Å². The molecule has 1 saturated heterocycles. The molecule has 1 aromatic rings. The van der Waals surface area contributed by atoms with Gasteiger partial charge in [0.15, 0.2) is 0 Å². The van der Waals surface area contributed by atoms with Crippen molar-refractivity contribution < 1.29 is 14.6 Å². The molecule has 1 fully saturated rings. The van der Waals surface area contributed by atoms with E-state index in [1.165, 1.54) is 7.11 Å². The Morgan fingerprint density at radius 1 is 1.47 bits per heavy atom. The Balaban J connectivity index is 2.09. The van der Waals surface area contributed by atoms with Crippen LogP contribution >= 0.6 is 0 Å². The van der Waals surface area contributed by atoms with E-state index >= 15 is 0 Å². The first kappa shape index (κ1) is 12.1. The molecular weight excluding hydrogens is 218 g/mol. The number of methoxy groups -OCH3 is 1. The van der Waals surface area contributed by atoms with Gasteiger partial charge in [-0.3, -0.25) is 0 Å². The second-order valence-electron chi connectivity index (χ2n) is 4.31. The third-order valence-electron chi connectivity index (χ3n) is 3.22. The van der Waals surface area contributed by atoms with E-state index in [9.17, 15) is 9.90 Å². The van der Waals surface area contributed by atoms with Crippen LogP contribution in [0.3, 0.4) is 0 Å². The van der Waals surface area contributed by atoms with Crippen molar-refractivity contribution in [2.24, 2.45) is 5.92 Å². The Hall–Kier alpha value is -1.39. The number of carbonyl (C=O) groups is 1. The van der Waals surface area contributed by atoms with Gasteiger partial charge < -0.3 is 15.2 Å². The van der Waals surface area contributed by atoms with Crippen LogP contribution in [0.2, 0.25) is 0 Å². The molecule has 1 aliphatic heterocycles. The van der Waals surface area contributed by atoms with Crippen molar-refractivity contribution in [3.05, 3.63) is 35.4 Å². The largest absolute Gasteiger partial charge is 0.465 e. The molecule has 0 aliphatic carbocycles. The number of aliphatic hydroxyl groups is 1. The molecule has 2 rings (SSSR count). The van der Waals surface area contributed by atoms with Crippen LogP contribution in [0, 0.1) is 5.92 Å². The molecule has 0 aromatic heterocycles. The van der Waals surface area contributed by atoms with Crippen molar-refractivity contribution in [1.82, 2.24) is 5.32 Å². The monoisotopic (exact) mass is 235 g/mol. The third kappa shape index (κ3) is 2.65. The fraction of sp³-hybridized carbons (Fsp3) is 0.462. The van der Waals surface area contributed by atoms with E-state index < -0.39 is 6.10 Å². The van der Waals surface area contributed by atoms with Gasteiger partial charge >= 0.3 is 5.97 Å². The van der Waals surface area contributed by atoms with Gasteiger partial charge in [0.1, 0.15) is 0 Å². The average Bonchev–Trinajstić information content (AvgIpc) is 2.91. The highest BCUT2D eigenvalue weighted by Crippen LogP contribution is 2.26. The Labute approximate surface area is 101 Å². The second-order valence-corrected chi connectivity index (χ2v) is 4.31. The lowest BCUT2D eigenvalue weighted by Crippen LogP contribution is -2.16. The van der Waals surface area contributed by atoms with Crippen LogP contribution < -0.4 is 5.32 Å². The van der Waals surface area contributed by atoms with Crippen LogP contribution in [0.1, 0.15) is 28.4 Å². The number of carbonyl (C=O) groups excluding carboxylic acids is 1. The molecular formula is C13H17NO3. The van der Waals surface area contributed by atoms with E-state index in [1.807, 2.05) is 0 Å². The summed E-state index contributed by atoms with van der Waals surface area (Å²) in [6.07, 6.45) is 0.525. The van der Waals surface area contributed by atoms with Gasteiger partial charge in [0, 0.05) is 12.5 Å². The fourth-order valence-corrected chi connectivity index (χ4v) is 2.15. The van der Waals surface area contributed by atoms with Gasteiger partial charge in [-0.15, -0.1) is 0 Å².